The SMILES string of the molecule is Sc1cc(Br)ccc1CCCCN1CCCCC1. The van der Waals surface area contributed by atoms with Crippen molar-refractivity contribution >= 4 is 28.6 Å². The molecule has 0 radical (unpaired) electrons. The molecule has 2 rings (SSSR count). The molecule has 0 aliphatic carbocycles. The molecule has 0 spiro atoms. The van der Waals surface area contributed by atoms with Gasteiger partial charge in [-0.2, -0.15) is 0 Å². The molecule has 0 saturated carbocycles. The Morgan fingerprint density at radius 3 is 2.61 bits per heavy atom. The van der Waals surface area contributed by atoms with Crippen LogP contribution in [0.3, 0.4) is 0 Å². The number of hydrogen-bond donors (Lipinski definition) is 1. The minimum atomic E-state index is 1.11. The predicted molar refractivity (Wildman–Crippen MR) is 84.6 cm³/mol. The van der Waals surface area contributed by atoms with Crippen LogP contribution in [0.1, 0.15) is 37.7 Å². The first-order valence-corrected chi connectivity index (χ1v) is 8.19. The van der Waals surface area contributed by atoms with E-state index in [1.165, 1.54) is 57.3 Å². The zero-order valence-corrected chi connectivity index (χ0v) is 13.3. The second-order valence-electron chi connectivity index (χ2n) is 5.13. The number of benzene rings is 1. The third-order valence-electron chi connectivity index (χ3n) is 3.67. The highest BCUT2D eigenvalue weighted by Gasteiger charge is 2.09. The summed E-state index contributed by atoms with van der Waals surface area (Å²) in [5.41, 5.74) is 1.38. The van der Waals surface area contributed by atoms with Crippen molar-refractivity contribution in [1.29, 1.82) is 0 Å². The first kappa shape index (κ1) is 14.4. The number of hydrogen-bond acceptors (Lipinski definition) is 2. The molecule has 18 heavy (non-hydrogen) atoms. The van der Waals surface area contributed by atoms with Crippen LogP contribution in [-0.2, 0) is 6.42 Å². The van der Waals surface area contributed by atoms with E-state index in [0.29, 0.717) is 0 Å². The fourth-order valence-corrected chi connectivity index (χ4v) is 3.45. The van der Waals surface area contributed by atoms with Gasteiger partial charge in [0.25, 0.3) is 0 Å². The van der Waals surface area contributed by atoms with E-state index in [1.807, 2.05) is 0 Å². The van der Waals surface area contributed by atoms with Crippen LogP contribution < -0.4 is 0 Å². The van der Waals surface area contributed by atoms with E-state index in [9.17, 15) is 0 Å². The summed E-state index contributed by atoms with van der Waals surface area (Å²) in [6.07, 6.45) is 7.95. The van der Waals surface area contributed by atoms with E-state index >= 15 is 0 Å². The number of halogens is 1. The molecule has 100 valence electrons. The lowest BCUT2D eigenvalue weighted by Crippen LogP contribution is -2.30. The number of rotatable bonds is 5. The number of likely N-dealkylation sites (tertiary alicyclic amines) is 1. The molecular formula is C15H22BrNS. The van der Waals surface area contributed by atoms with Crippen molar-refractivity contribution in [1.82, 2.24) is 4.90 Å². The molecule has 1 aliphatic heterocycles. The maximum atomic E-state index is 4.53. The molecule has 0 bridgehead atoms. The van der Waals surface area contributed by atoms with Gasteiger partial charge in [0.2, 0.25) is 0 Å². The normalized spacial score (nSPS) is 17.0. The molecule has 3 heteroatoms. The molecular weight excluding hydrogens is 306 g/mol. The van der Waals surface area contributed by atoms with Crippen LogP contribution in [-0.4, -0.2) is 24.5 Å². The summed E-state index contributed by atoms with van der Waals surface area (Å²) in [5.74, 6) is 0. The van der Waals surface area contributed by atoms with Crippen LogP contribution in [0.25, 0.3) is 0 Å². The van der Waals surface area contributed by atoms with E-state index in [-0.39, 0.29) is 0 Å². The summed E-state index contributed by atoms with van der Waals surface area (Å²) in [5, 5.41) is 0. The molecule has 1 saturated heterocycles. The van der Waals surface area contributed by atoms with Crippen molar-refractivity contribution in [3.05, 3.63) is 28.2 Å². The average molecular weight is 328 g/mol. The maximum Gasteiger partial charge on any atom is 0.0186 e. The summed E-state index contributed by atoms with van der Waals surface area (Å²) >= 11 is 8.01. The second kappa shape index (κ2) is 7.56. The van der Waals surface area contributed by atoms with Crippen LogP contribution in [0.15, 0.2) is 27.6 Å². The quantitative estimate of drug-likeness (QED) is 0.613. The number of unbranched alkanes of at least 4 members (excludes halogenated alkanes) is 1. The van der Waals surface area contributed by atoms with Gasteiger partial charge in [0, 0.05) is 9.37 Å². The van der Waals surface area contributed by atoms with Gasteiger partial charge in [-0.15, -0.1) is 12.6 Å². The zero-order valence-electron chi connectivity index (χ0n) is 10.9. The van der Waals surface area contributed by atoms with Gasteiger partial charge in [0.1, 0.15) is 0 Å². The van der Waals surface area contributed by atoms with Gasteiger partial charge in [-0.1, -0.05) is 28.4 Å². The summed E-state index contributed by atoms with van der Waals surface area (Å²) in [4.78, 5) is 3.73. The fraction of sp³-hybridized carbons (Fsp3) is 0.600. The monoisotopic (exact) mass is 327 g/mol. The predicted octanol–water partition coefficient (Wildman–Crippen LogP) is 4.55. The minimum Gasteiger partial charge on any atom is -0.303 e. The van der Waals surface area contributed by atoms with Crippen molar-refractivity contribution in [3.8, 4) is 0 Å². The van der Waals surface area contributed by atoms with Crippen molar-refractivity contribution in [2.24, 2.45) is 0 Å². The Balaban J connectivity index is 1.68. The Hall–Kier alpha value is 0.01000. The molecule has 1 aliphatic rings. The first-order chi connectivity index (χ1) is 8.75. The van der Waals surface area contributed by atoms with E-state index in [1.54, 1.807) is 0 Å². The Morgan fingerprint density at radius 1 is 1.11 bits per heavy atom. The number of nitrogens with zero attached hydrogens (tertiary/aromatic N) is 1. The molecule has 0 aromatic heterocycles. The molecule has 1 heterocycles. The maximum absolute atomic E-state index is 4.53. The largest absolute Gasteiger partial charge is 0.303 e. The van der Waals surface area contributed by atoms with Crippen LogP contribution >= 0.6 is 28.6 Å². The van der Waals surface area contributed by atoms with Gasteiger partial charge in [-0.05, 0) is 69.4 Å². The summed E-state index contributed by atoms with van der Waals surface area (Å²) in [6, 6.07) is 6.38. The van der Waals surface area contributed by atoms with E-state index < -0.39 is 0 Å². The van der Waals surface area contributed by atoms with Gasteiger partial charge in [-0.3, -0.25) is 0 Å². The van der Waals surface area contributed by atoms with Crippen LogP contribution in [0.4, 0.5) is 0 Å². The Morgan fingerprint density at radius 2 is 1.89 bits per heavy atom. The van der Waals surface area contributed by atoms with Gasteiger partial charge >= 0.3 is 0 Å². The van der Waals surface area contributed by atoms with Gasteiger partial charge in [0.15, 0.2) is 0 Å². The summed E-state index contributed by atoms with van der Waals surface area (Å²) in [6.45, 7) is 3.91. The zero-order chi connectivity index (χ0) is 12.8. The third kappa shape index (κ3) is 4.60. The Kier molecular flexibility index (Phi) is 6.06. The van der Waals surface area contributed by atoms with Gasteiger partial charge < -0.3 is 4.90 Å². The molecule has 0 unspecified atom stereocenters. The lowest BCUT2D eigenvalue weighted by molar-refractivity contribution is 0.225. The highest BCUT2D eigenvalue weighted by atomic mass is 79.9. The van der Waals surface area contributed by atoms with Crippen molar-refractivity contribution in [2.75, 3.05) is 19.6 Å². The fourth-order valence-electron chi connectivity index (χ4n) is 2.58. The van der Waals surface area contributed by atoms with Gasteiger partial charge in [-0.25, -0.2) is 0 Å². The third-order valence-corrected chi connectivity index (χ3v) is 4.58. The van der Waals surface area contributed by atoms with Crippen molar-refractivity contribution in [3.63, 3.8) is 0 Å². The van der Waals surface area contributed by atoms with E-state index in [4.69, 9.17) is 0 Å². The Labute approximate surface area is 124 Å². The van der Waals surface area contributed by atoms with Crippen molar-refractivity contribution in [2.45, 2.75) is 43.4 Å². The first-order valence-electron chi connectivity index (χ1n) is 6.95. The van der Waals surface area contributed by atoms with Crippen LogP contribution in [0.5, 0.6) is 0 Å². The molecule has 1 nitrogen and oxygen atoms in total. The Bertz CT molecular complexity index is 375. The topological polar surface area (TPSA) is 3.24 Å². The smallest absolute Gasteiger partial charge is 0.0186 e. The molecule has 0 amide bonds. The van der Waals surface area contributed by atoms with Crippen LogP contribution in [0.2, 0.25) is 0 Å². The van der Waals surface area contributed by atoms with Crippen molar-refractivity contribution < 1.29 is 0 Å². The highest BCUT2D eigenvalue weighted by Crippen LogP contribution is 2.21. The standard InChI is InChI=1S/C15H22BrNS/c16-14-8-7-13(15(18)12-14)6-2-5-11-17-9-3-1-4-10-17/h7-8,12,18H,1-6,9-11H2. The van der Waals surface area contributed by atoms with Gasteiger partial charge in [0.05, 0.1) is 0 Å². The average Bonchev–Trinajstić information content (AvgIpc) is 2.38. The molecule has 1 aromatic rings. The molecule has 1 aromatic carbocycles. The molecule has 1 fully saturated rings. The van der Waals surface area contributed by atoms with E-state index in [0.717, 1.165) is 15.8 Å². The van der Waals surface area contributed by atoms with E-state index in [2.05, 4.69) is 51.7 Å². The lowest BCUT2D eigenvalue weighted by atomic mass is 10.1. The summed E-state index contributed by atoms with van der Waals surface area (Å²) in [7, 11) is 0. The number of aryl methyl sites for hydroxylation is 1. The second-order valence-corrected chi connectivity index (χ2v) is 6.53. The summed E-state index contributed by atoms with van der Waals surface area (Å²) < 4.78 is 1.12. The molecule has 0 atom stereocenters. The molecule has 0 N–H and O–H groups in total. The minimum absolute atomic E-state index is 1.11. The van der Waals surface area contributed by atoms with Crippen LogP contribution in [0, 0.1) is 0 Å². The highest BCUT2D eigenvalue weighted by molar-refractivity contribution is 9.10. The number of thiol groups is 1. The lowest BCUT2D eigenvalue weighted by Gasteiger charge is -2.26. The number of piperidine rings is 1.